The van der Waals surface area contributed by atoms with E-state index in [9.17, 15) is 32.6 Å². The molecule has 0 fully saturated rings. The lowest BCUT2D eigenvalue weighted by Crippen LogP contribution is -2.40. The number of aliphatic hydroxyl groups is 2. The van der Waals surface area contributed by atoms with Gasteiger partial charge < -0.3 is 25.6 Å². The van der Waals surface area contributed by atoms with E-state index in [1.54, 1.807) is 26.8 Å². The van der Waals surface area contributed by atoms with Gasteiger partial charge in [0.1, 0.15) is 17.7 Å². The van der Waals surface area contributed by atoms with Crippen LogP contribution in [0.4, 0.5) is 28.0 Å². The average Bonchev–Trinajstić information content (AvgIpc) is 3.01. The number of fused-ring (bicyclic) bond motifs is 1. The molecule has 2 unspecified atom stereocenters. The van der Waals surface area contributed by atoms with Gasteiger partial charge in [-0.2, -0.15) is 13.2 Å². The highest BCUT2D eigenvalue weighted by Crippen LogP contribution is 2.43. The van der Waals surface area contributed by atoms with Crippen molar-refractivity contribution in [2.24, 2.45) is 0 Å². The Morgan fingerprint density at radius 1 is 1.21 bits per heavy atom. The Morgan fingerprint density at radius 3 is 2.42 bits per heavy atom. The number of rotatable bonds is 4. The second-order valence-electron chi connectivity index (χ2n) is 9.01. The maximum absolute atomic E-state index is 14.0. The molecule has 1 aliphatic carbocycles. The monoisotopic (exact) mass is 470 g/mol. The molecule has 10 heteroatoms. The molecule has 4 N–H and O–H groups in total. The molecule has 6 nitrogen and oxygen atoms in total. The number of hydrogen-bond donors (Lipinski definition) is 4. The Hall–Kier alpha value is -2.85. The highest BCUT2D eigenvalue weighted by molar-refractivity contribution is 5.92. The van der Waals surface area contributed by atoms with Gasteiger partial charge in [0.05, 0.1) is 18.8 Å². The summed E-state index contributed by atoms with van der Waals surface area (Å²) >= 11 is 0. The molecule has 2 aromatic carbocycles. The third-order valence-electron chi connectivity index (χ3n) is 5.62. The van der Waals surface area contributed by atoms with Gasteiger partial charge in [-0.15, -0.1) is 0 Å². The maximum Gasteiger partial charge on any atom is 0.418 e. The number of ether oxygens (including phenoxy) is 1. The number of carbonyl (C=O) groups excluding carboxylic acids is 1. The van der Waals surface area contributed by atoms with E-state index in [0.29, 0.717) is 11.1 Å². The first-order chi connectivity index (χ1) is 15.2. The molecule has 3 rings (SSSR count). The number of amides is 2. The van der Waals surface area contributed by atoms with Crippen LogP contribution in [0.2, 0.25) is 0 Å². The average molecular weight is 470 g/mol. The highest BCUT2D eigenvalue weighted by atomic mass is 19.4. The Labute approximate surface area is 188 Å². The molecular weight excluding hydrogens is 444 g/mol. The minimum absolute atomic E-state index is 0.0862. The van der Waals surface area contributed by atoms with Crippen LogP contribution in [0.1, 0.15) is 55.2 Å². The van der Waals surface area contributed by atoms with Gasteiger partial charge in [-0.05, 0) is 41.2 Å². The van der Waals surface area contributed by atoms with Gasteiger partial charge in [-0.3, -0.25) is 0 Å². The SMILES string of the molecule is COc1c(NC(=O)NC2Cc3cccc(F)c3C2O)cc(C(C)(C)C)cc1[C@@H](O)C(F)(F)F. The van der Waals surface area contributed by atoms with Crippen LogP contribution in [0.15, 0.2) is 30.3 Å². The van der Waals surface area contributed by atoms with Gasteiger partial charge >= 0.3 is 12.2 Å². The van der Waals surface area contributed by atoms with Crippen LogP contribution in [0.25, 0.3) is 0 Å². The summed E-state index contributed by atoms with van der Waals surface area (Å²) in [5.74, 6) is -0.931. The van der Waals surface area contributed by atoms with Crippen molar-refractivity contribution in [3.63, 3.8) is 0 Å². The van der Waals surface area contributed by atoms with Crippen molar-refractivity contribution in [1.29, 1.82) is 0 Å². The van der Waals surface area contributed by atoms with Gasteiger partial charge in [-0.1, -0.05) is 32.9 Å². The first-order valence-electron chi connectivity index (χ1n) is 10.2. The standard InChI is InChI=1S/C23H26F4N2O4/c1-22(2,3)12-9-13(20(31)23(25,26)27)19(33-4)16(10-12)29-21(32)28-15-8-11-6-5-7-14(24)17(11)18(15)30/h5-7,9-10,15,18,20,30-31H,8H2,1-4H3,(H2,28,29,32)/t15?,18?,20-/m1/s1. The zero-order chi connectivity index (χ0) is 24.7. The predicted octanol–water partition coefficient (Wildman–Crippen LogP) is 4.51. The van der Waals surface area contributed by atoms with Crippen molar-refractivity contribution in [1.82, 2.24) is 5.32 Å². The lowest BCUT2D eigenvalue weighted by atomic mass is 9.84. The molecule has 180 valence electrons. The number of benzene rings is 2. The summed E-state index contributed by atoms with van der Waals surface area (Å²) < 4.78 is 59.0. The summed E-state index contributed by atoms with van der Waals surface area (Å²) in [4.78, 5) is 12.7. The quantitative estimate of drug-likeness (QED) is 0.495. The van der Waals surface area contributed by atoms with Crippen molar-refractivity contribution < 1.29 is 37.3 Å². The fraction of sp³-hybridized carbons (Fsp3) is 0.435. The number of aliphatic hydroxyl groups excluding tert-OH is 2. The topological polar surface area (TPSA) is 90.8 Å². The molecule has 33 heavy (non-hydrogen) atoms. The fourth-order valence-electron chi connectivity index (χ4n) is 3.88. The van der Waals surface area contributed by atoms with E-state index in [1.807, 2.05) is 0 Å². The summed E-state index contributed by atoms with van der Waals surface area (Å²) in [5, 5.41) is 25.3. The van der Waals surface area contributed by atoms with Crippen molar-refractivity contribution in [3.8, 4) is 5.75 Å². The number of alkyl halides is 3. The molecule has 0 heterocycles. The lowest BCUT2D eigenvalue weighted by Gasteiger charge is -2.26. The zero-order valence-electron chi connectivity index (χ0n) is 18.5. The molecule has 2 aromatic rings. The van der Waals surface area contributed by atoms with Gasteiger partial charge in [0.15, 0.2) is 6.10 Å². The number of carbonyl (C=O) groups is 1. The van der Waals surface area contributed by atoms with Crippen molar-refractivity contribution in [2.45, 2.75) is 57.0 Å². The second kappa shape index (κ2) is 8.83. The Kier molecular flexibility index (Phi) is 6.63. The molecule has 3 atom stereocenters. The minimum Gasteiger partial charge on any atom is -0.494 e. The Bertz CT molecular complexity index is 1050. The zero-order valence-corrected chi connectivity index (χ0v) is 18.5. The number of hydrogen-bond acceptors (Lipinski definition) is 4. The van der Waals surface area contributed by atoms with Crippen molar-refractivity contribution >= 4 is 11.7 Å². The maximum atomic E-state index is 14.0. The normalized spacial score (nSPS) is 19.1. The Morgan fingerprint density at radius 2 is 1.88 bits per heavy atom. The summed E-state index contributed by atoms with van der Waals surface area (Å²) in [6.07, 6.45) is -8.88. The van der Waals surface area contributed by atoms with Crippen LogP contribution in [0.5, 0.6) is 5.75 Å². The molecule has 0 aliphatic heterocycles. The lowest BCUT2D eigenvalue weighted by molar-refractivity contribution is -0.207. The van der Waals surface area contributed by atoms with Crippen molar-refractivity contribution in [2.75, 3.05) is 12.4 Å². The third-order valence-corrected chi connectivity index (χ3v) is 5.62. The highest BCUT2D eigenvalue weighted by Gasteiger charge is 2.42. The number of methoxy groups -OCH3 is 1. The van der Waals surface area contributed by atoms with E-state index < -0.39 is 47.3 Å². The second-order valence-corrected chi connectivity index (χ2v) is 9.01. The van der Waals surface area contributed by atoms with Crippen LogP contribution in [-0.4, -0.2) is 35.6 Å². The molecule has 0 saturated heterocycles. The summed E-state index contributed by atoms with van der Waals surface area (Å²) in [6, 6.07) is 5.34. The Balaban J connectivity index is 1.91. The summed E-state index contributed by atoms with van der Waals surface area (Å²) in [5.41, 5.74) is -0.159. The number of urea groups is 1. The van der Waals surface area contributed by atoms with Crippen LogP contribution in [-0.2, 0) is 11.8 Å². The van der Waals surface area contributed by atoms with E-state index in [-0.39, 0.29) is 23.4 Å². The fourth-order valence-corrected chi connectivity index (χ4v) is 3.88. The molecule has 0 bridgehead atoms. The van der Waals surface area contributed by atoms with Gasteiger partial charge in [0.2, 0.25) is 0 Å². The molecular formula is C23H26F4N2O4. The molecule has 1 aliphatic rings. The molecule has 0 aromatic heterocycles. The van der Waals surface area contributed by atoms with Gasteiger partial charge in [-0.25, -0.2) is 9.18 Å². The van der Waals surface area contributed by atoms with E-state index in [1.165, 1.54) is 24.3 Å². The smallest absolute Gasteiger partial charge is 0.418 e. The van der Waals surface area contributed by atoms with E-state index in [4.69, 9.17) is 4.74 Å². The third kappa shape index (κ3) is 5.06. The van der Waals surface area contributed by atoms with Crippen LogP contribution < -0.4 is 15.4 Å². The summed E-state index contributed by atoms with van der Waals surface area (Å²) in [6.45, 7) is 5.30. The molecule has 0 saturated carbocycles. The van der Waals surface area contributed by atoms with Crippen molar-refractivity contribution in [3.05, 3.63) is 58.4 Å². The minimum atomic E-state index is -4.95. The first kappa shape index (κ1) is 24.8. The summed E-state index contributed by atoms with van der Waals surface area (Å²) in [7, 11) is 1.13. The van der Waals surface area contributed by atoms with Gasteiger partial charge in [0, 0.05) is 11.1 Å². The van der Waals surface area contributed by atoms with Crippen LogP contribution in [0.3, 0.4) is 0 Å². The molecule has 2 amide bonds. The molecule has 0 spiro atoms. The van der Waals surface area contributed by atoms with Crippen LogP contribution in [0, 0.1) is 5.82 Å². The van der Waals surface area contributed by atoms with E-state index in [0.717, 1.165) is 7.11 Å². The first-order valence-corrected chi connectivity index (χ1v) is 10.2. The number of anilines is 1. The van der Waals surface area contributed by atoms with Crippen LogP contribution >= 0.6 is 0 Å². The molecule has 0 radical (unpaired) electrons. The largest absolute Gasteiger partial charge is 0.494 e. The predicted molar refractivity (Wildman–Crippen MR) is 114 cm³/mol. The van der Waals surface area contributed by atoms with Gasteiger partial charge in [0.25, 0.3) is 0 Å². The number of nitrogens with one attached hydrogen (secondary N) is 2. The van der Waals surface area contributed by atoms with E-state index in [2.05, 4.69) is 10.6 Å². The number of halogens is 4. The van der Waals surface area contributed by atoms with E-state index >= 15 is 0 Å².